The lowest BCUT2D eigenvalue weighted by molar-refractivity contribution is 0.146. The molecule has 0 unspecified atom stereocenters. The third-order valence-corrected chi connectivity index (χ3v) is 6.68. The lowest BCUT2D eigenvalue weighted by atomic mass is 10.3. The van der Waals surface area contributed by atoms with Gasteiger partial charge in [-0.15, -0.1) is 0 Å². The Morgan fingerprint density at radius 3 is 1.96 bits per heavy atom. The van der Waals surface area contributed by atoms with Crippen LogP contribution in [0.15, 0.2) is 58.3 Å². The molecular weight excluding hydrogens is 378 g/mol. The number of nitrogens with one attached hydrogen (secondary N) is 1. The fourth-order valence-electron chi connectivity index (χ4n) is 2.07. The van der Waals surface area contributed by atoms with Crippen LogP contribution in [0.4, 0.5) is 5.69 Å². The van der Waals surface area contributed by atoms with Crippen LogP contribution in [0.25, 0.3) is 0 Å². The predicted molar refractivity (Wildman–Crippen MR) is 98.8 cm³/mol. The summed E-state index contributed by atoms with van der Waals surface area (Å²) in [5, 5.41) is 0. The predicted octanol–water partition coefficient (Wildman–Crippen LogP) is 2.31. The number of sulfone groups is 1. The molecule has 0 aliphatic heterocycles. The van der Waals surface area contributed by atoms with E-state index in [0.717, 1.165) is 0 Å². The normalized spacial score (nSPS) is 11.9. The van der Waals surface area contributed by atoms with Gasteiger partial charge in [-0.2, -0.15) is 0 Å². The molecule has 0 radical (unpaired) electrons. The van der Waals surface area contributed by atoms with E-state index in [-0.39, 0.29) is 21.2 Å². The van der Waals surface area contributed by atoms with Crippen molar-refractivity contribution in [2.75, 3.05) is 30.8 Å². The second-order valence-corrected chi connectivity index (χ2v) is 9.31. The van der Waals surface area contributed by atoms with Crippen LogP contribution < -0.4 is 9.46 Å². The van der Waals surface area contributed by atoms with Crippen LogP contribution in [-0.4, -0.2) is 42.9 Å². The van der Waals surface area contributed by atoms with Crippen LogP contribution in [0.1, 0.15) is 6.92 Å². The molecule has 0 saturated carbocycles. The molecule has 0 aliphatic carbocycles. The Labute approximate surface area is 153 Å². The van der Waals surface area contributed by atoms with Crippen LogP contribution in [0.3, 0.4) is 0 Å². The van der Waals surface area contributed by atoms with Gasteiger partial charge in [-0.25, -0.2) is 16.8 Å². The maximum absolute atomic E-state index is 12.4. The molecular formula is C17H21NO6S2. The second-order valence-electron chi connectivity index (χ2n) is 5.35. The van der Waals surface area contributed by atoms with E-state index in [1.807, 2.05) is 0 Å². The average molecular weight is 399 g/mol. The molecule has 2 aromatic rings. The van der Waals surface area contributed by atoms with Crippen molar-refractivity contribution in [2.45, 2.75) is 16.7 Å². The van der Waals surface area contributed by atoms with Crippen molar-refractivity contribution in [3.8, 4) is 5.75 Å². The van der Waals surface area contributed by atoms with Gasteiger partial charge in [0, 0.05) is 12.8 Å². The molecule has 9 heteroatoms. The van der Waals surface area contributed by atoms with Crippen LogP contribution >= 0.6 is 0 Å². The monoisotopic (exact) mass is 399 g/mol. The Morgan fingerprint density at radius 2 is 1.42 bits per heavy atom. The summed E-state index contributed by atoms with van der Waals surface area (Å²) >= 11 is 0. The van der Waals surface area contributed by atoms with Crippen molar-refractivity contribution in [2.24, 2.45) is 0 Å². The Hall–Kier alpha value is -2.10. The highest BCUT2D eigenvalue weighted by atomic mass is 32.2. The van der Waals surface area contributed by atoms with E-state index in [0.29, 0.717) is 19.0 Å². The quantitative estimate of drug-likeness (QED) is 0.650. The Balaban J connectivity index is 2.10. The molecule has 0 aliphatic rings. The first-order chi connectivity index (χ1) is 12.3. The molecule has 0 spiro atoms. The van der Waals surface area contributed by atoms with E-state index in [2.05, 4.69) is 4.72 Å². The van der Waals surface area contributed by atoms with Crippen LogP contribution in [0.2, 0.25) is 0 Å². The fourth-order valence-corrected chi connectivity index (χ4v) is 4.01. The van der Waals surface area contributed by atoms with Gasteiger partial charge in [0.05, 0.1) is 22.2 Å². The number of ether oxygens (including phenoxy) is 2. The minimum Gasteiger partial charge on any atom is -0.491 e. The van der Waals surface area contributed by atoms with Crippen LogP contribution in [-0.2, 0) is 24.6 Å². The summed E-state index contributed by atoms with van der Waals surface area (Å²) in [6.45, 7) is 2.35. The van der Waals surface area contributed by atoms with Crippen molar-refractivity contribution < 1.29 is 26.3 Å². The summed E-state index contributed by atoms with van der Waals surface area (Å²) in [7, 11) is -5.55. The molecule has 142 valence electrons. The van der Waals surface area contributed by atoms with Crippen LogP contribution in [0, 0.1) is 0 Å². The SMILES string of the molecule is CCS(=O)(=O)c1ccc(NS(=O)(=O)c2ccc(OCCOC)cc2)cc1. The molecule has 0 bridgehead atoms. The van der Waals surface area contributed by atoms with E-state index >= 15 is 0 Å². The van der Waals surface area contributed by atoms with E-state index in [4.69, 9.17) is 9.47 Å². The Kier molecular flexibility index (Phi) is 6.63. The molecule has 0 amide bonds. The highest BCUT2D eigenvalue weighted by Crippen LogP contribution is 2.21. The van der Waals surface area contributed by atoms with Gasteiger partial charge in [-0.3, -0.25) is 4.72 Å². The maximum atomic E-state index is 12.4. The first-order valence-electron chi connectivity index (χ1n) is 7.86. The molecule has 0 heterocycles. The Bertz CT molecular complexity index is 920. The first-order valence-corrected chi connectivity index (χ1v) is 11.0. The number of methoxy groups -OCH3 is 1. The van der Waals surface area contributed by atoms with Gasteiger partial charge in [-0.05, 0) is 48.5 Å². The summed E-state index contributed by atoms with van der Waals surface area (Å²) in [6.07, 6.45) is 0. The summed E-state index contributed by atoms with van der Waals surface area (Å²) < 4.78 is 61.1. The van der Waals surface area contributed by atoms with Crippen molar-refractivity contribution in [1.82, 2.24) is 0 Å². The van der Waals surface area contributed by atoms with Gasteiger partial charge in [0.15, 0.2) is 9.84 Å². The minimum atomic E-state index is -3.79. The van der Waals surface area contributed by atoms with E-state index < -0.39 is 19.9 Å². The van der Waals surface area contributed by atoms with Crippen molar-refractivity contribution in [3.05, 3.63) is 48.5 Å². The third kappa shape index (κ3) is 5.20. The summed E-state index contributed by atoms with van der Waals surface area (Å²) in [5.41, 5.74) is 0.278. The largest absolute Gasteiger partial charge is 0.491 e. The van der Waals surface area contributed by atoms with E-state index in [1.54, 1.807) is 26.2 Å². The number of sulfonamides is 1. The zero-order valence-corrected chi connectivity index (χ0v) is 16.1. The molecule has 1 N–H and O–H groups in total. The van der Waals surface area contributed by atoms with E-state index in [9.17, 15) is 16.8 Å². The molecule has 0 atom stereocenters. The number of hydrogen-bond acceptors (Lipinski definition) is 6. The Morgan fingerprint density at radius 1 is 0.846 bits per heavy atom. The number of rotatable bonds is 9. The van der Waals surface area contributed by atoms with Gasteiger partial charge in [0.2, 0.25) is 0 Å². The topological polar surface area (TPSA) is 98.8 Å². The molecule has 0 fully saturated rings. The van der Waals surface area contributed by atoms with Gasteiger partial charge in [-0.1, -0.05) is 6.92 Å². The van der Waals surface area contributed by atoms with Gasteiger partial charge < -0.3 is 9.47 Å². The smallest absolute Gasteiger partial charge is 0.261 e. The fraction of sp³-hybridized carbons (Fsp3) is 0.294. The first kappa shape index (κ1) is 20.2. The summed E-state index contributed by atoms with van der Waals surface area (Å²) in [4.78, 5) is 0.224. The molecule has 26 heavy (non-hydrogen) atoms. The second kappa shape index (κ2) is 8.52. The molecule has 2 rings (SSSR count). The molecule has 0 aromatic heterocycles. The summed E-state index contributed by atoms with van der Waals surface area (Å²) in [6, 6.07) is 11.6. The standard InChI is InChI=1S/C17H21NO6S2/c1-3-25(19,20)16-8-4-14(5-9-16)18-26(21,22)17-10-6-15(7-11-17)24-13-12-23-2/h4-11,18H,3,12-13H2,1-2H3. The molecule has 0 saturated heterocycles. The van der Waals surface area contributed by atoms with Crippen LogP contribution in [0.5, 0.6) is 5.75 Å². The number of anilines is 1. The number of hydrogen-bond donors (Lipinski definition) is 1. The molecule has 2 aromatic carbocycles. The third-order valence-electron chi connectivity index (χ3n) is 3.54. The van der Waals surface area contributed by atoms with E-state index in [1.165, 1.54) is 36.4 Å². The maximum Gasteiger partial charge on any atom is 0.261 e. The zero-order valence-electron chi connectivity index (χ0n) is 14.5. The molecule has 7 nitrogen and oxygen atoms in total. The van der Waals surface area contributed by atoms with Gasteiger partial charge >= 0.3 is 0 Å². The van der Waals surface area contributed by atoms with Crippen molar-refractivity contribution >= 4 is 25.5 Å². The van der Waals surface area contributed by atoms with Crippen molar-refractivity contribution in [1.29, 1.82) is 0 Å². The zero-order chi connectivity index (χ0) is 19.2. The highest BCUT2D eigenvalue weighted by molar-refractivity contribution is 7.92. The number of benzene rings is 2. The average Bonchev–Trinajstić information content (AvgIpc) is 2.62. The summed E-state index contributed by atoms with van der Waals surface area (Å²) in [5.74, 6) is 0.520. The lowest BCUT2D eigenvalue weighted by Crippen LogP contribution is -2.13. The highest BCUT2D eigenvalue weighted by Gasteiger charge is 2.16. The lowest BCUT2D eigenvalue weighted by Gasteiger charge is -2.10. The van der Waals surface area contributed by atoms with Crippen molar-refractivity contribution in [3.63, 3.8) is 0 Å². The minimum absolute atomic E-state index is 0.0170. The van der Waals surface area contributed by atoms with Gasteiger partial charge in [0.1, 0.15) is 12.4 Å². The van der Waals surface area contributed by atoms with Gasteiger partial charge in [0.25, 0.3) is 10.0 Å².